The number of nitrogens with one attached hydrogen (secondary N) is 1. The molecule has 0 amide bonds. The van der Waals surface area contributed by atoms with E-state index < -0.39 is 11.6 Å². The van der Waals surface area contributed by atoms with Crippen molar-refractivity contribution in [2.45, 2.75) is 18.5 Å². The van der Waals surface area contributed by atoms with Crippen LogP contribution in [0.3, 0.4) is 0 Å². The summed E-state index contributed by atoms with van der Waals surface area (Å²) in [5, 5.41) is 12.1. The molecule has 0 bridgehead atoms. The third-order valence-electron chi connectivity index (χ3n) is 4.16. The minimum atomic E-state index is -0.840. The molecule has 1 fully saturated rings. The summed E-state index contributed by atoms with van der Waals surface area (Å²) >= 11 is 0. The molecule has 4 nitrogen and oxygen atoms in total. The van der Waals surface area contributed by atoms with Crippen LogP contribution in [0.1, 0.15) is 23.6 Å². The fourth-order valence-corrected chi connectivity index (χ4v) is 3.02. The number of hydrogen-bond donors (Lipinski definition) is 1. The summed E-state index contributed by atoms with van der Waals surface area (Å²) in [6, 6.07) is 9.47. The lowest BCUT2D eigenvalue weighted by atomic mass is 10.00. The van der Waals surface area contributed by atoms with E-state index in [0.29, 0.717) is 11.4 Å². The van der Waals surface area contributed by atoms with Crippen LogP contribution in [0.5, 0.6) is 0 Å². The average molecular weight is 314 g/mol. The zero-order valence-corrected chi connectivity index (χ0v) is 12.6. The Bertz CT molecular complexity index is 739. The van der Waals surface area contributed by atoms with Gasteiger partial charge in [0.25, 0.3) is 0 Å². The number of likely N-dealkylation sites (N-methyl/N-ethyl adjacent to an activating group) is 1. The lowest BCUT2D eigenvalue weighted by Gasteiger charge is -2.26. The van der Waals surface area contributed by atoms with Crippen LogP contribution in [0.15, 0.2) is 36.5 Å². The Morgan fingerprint density at radius 2 is 2.09 bits per heavy atom. The molecule has 3 rings (SSSR count). The van der Waals surface area contributed by atoms with Gasteiger partial charge in [-0.1, -0.05) is 6.07 Å². The molecule has 118 valence electrons. The molecule has 23 heavy (non-hydrogen) atoms. The molecule has 2 aromatic rings. The number of likely N-dealkylation sites (tertiary alicyclic amines) is 1. The summed E-state index contributed by atoms with van der Waals surface area (Å²) in [6.07, 6.45) is 2.37. The van der Waals surface area contributed by atoms with Gasteiger partial charge in [0.1, 0.15) is 11.9 Å². The Hall–Kier alpha value is -2.52. The fourth-order valence-electron chi connectivity index (χ4n) is 3.02. The van der Waals surface area contributed by atoms with Crippen molar-refractivity contribution < 1.29 is 8.78 Å². The molecule has 1 N–H and O–H groups in total. The number of hydrogen-bond acceptors (Lipinski definition) is 4. The van der Waals surface area contributed by atoms with Crippen LogP contribution < -0.4 is 5.32 Å². The van der Waals surface area contributed by atoms with Gasteiger partial charge in [0.2, 0.25) is 0 Å². The highest BCUT2D eigenvalue weighted by Crippen LogP contribution is 2.33. The number of benzene rings is 1. The fraction of sp³-hybridized carbons (Fsp3) is 0.294. The first-order valence-electron chi connectivity index (χ1n) is 7.36. The highest BCUT2D eigenvalue weighted by molar-refractivity contribution is 5.41. The van der Waals surface area contributed by atoms with Crippen LogP contribution >= 0.6 is 0 Å². The smallest absolute Gasteiger partial charge is 0.159 e. The highest BCUT2D eigenvalue weighted by Gasteiger charge is 2.33. The van der Waals surface area contributed by atoms with Gasteiger partial charge in [-0.05, 0) is 43.3 Å². The van der Waals surface area contributed by atoms with Crippen LogP contribution in [0.4, 0.5) is 14.6 Å². The minimum Gasteiger partial charge on any atom is -0.365 e. The second-order valence-corrected chi connectivity index (χ2v) is 5.68. The van der Waals surface area contributed by atoms with Crippen molar-refractivity contribution in [2.75, 3.05) is 18.9 Å². The number of nitrogens with zero attached hydrogens (tertiary/aromatic N) is 3. The van der Waals surface area contributed by atoms with Crippen molar-refractivity contribution >= 4 is 5.82 Å². The van der Waals surface area contributed by atoms with Crippen molar-refractivity contribution in [3.05, 3.63) is 59.3 Å². The maximum Gasteiger partial charge on any atom is 0.159 e. The molecule has 0 radical (unpaired) electrons. The average Bonchev–Trinajstić information content (AvgIpc) is 2.91. The molecular formula is C17H16F2N4. The Morgan fingerprint density at radius 1 is 1.26 bits per heavy atom. The van der Waals surface area contributed by atoms with Gasteiger partial charge in [0.15, 0.2) is 11.6 Å². The first-order chi connectivity index (χ1) is 11.1. The Morgan fingerprint density at radius 3 is 2.74 bits per heavy atom. The lowest BCUT2D eigenvalue weighted by Crippen LogP contribution is -2.29. The van der Waals surface area contributed by atoms with Gasteiger partial charge in [0, 0.05) is 18.8 Å². The van der Waals surface area contributed by atoms with Crippen LogP contribution in [0.2, 0.25) is 0 Å². The molecule has 1 saturated heterocycles. The van der Waals surface area contributed by atoms with Gasteiger partial charge in [-0.15, -0.1) is 0 Å². The zero-order chi connectivity index (χ0) is 16.4. The predicted octanol–water partition coefficient (Wildman–Crippen LogP) is 3.09. The van der Waals surface area contributed by atoms with E-state index in [1.54, 1.807) is 18.2 Å². The zero-order valence-electron chi connectivity index (χ0n) is 12.6. The molecule has 1 aromatic heterocycles. The quantitative estimate of drug-likeness (QED) is 0.946. The number of pyridine rings is 1. The van der Waals surface area contributed by atoms with E-state index in [4.69, 9.17) is 5.26 Å². The van der Waals surface area contributed by atoms with Gasteiger partial charge in [-0.3, -0.25) is 4.90 Å². The Labute approximate surface area is 133 Å². The van der Waals surface area contributed by atoms with E-state index in [1.807, 2.05) is 13.1 Å². The predicted molar refractivity (Wildman–Crippen MR) is 82.7 cm³/mol. The first kappa shape index (κ1) is 15.4. The summed E-state index contributed by atoms with van der Waals surface area (Å²) in [5.41, 5.74) is 1.23. The van der Waals surface area contributed by atoms with Crippen LogP contribution in [-0.2, 0) is 0 Å². The lowest BCUT2D eigenvalue weighted by molar-refractivity contribution is 0.307. The molecule has 0 spiro atoms. The van der Waals surface area contributed by atoms with Gasteiger partial charge < -0.3 is 5.32 Å². The van der Waals surface area contributed by atoms with E-state index in [0.717, 1.165) is 24.6 Å². The van der Waals surface area contributed by atoms with Gasteiger partial charge in [0.05, 0.1) is 11.6 Å². The Balaban J connectivity index is 1.82. The normalized spacial score (nSPS) is 21.1. The molecule has 2 atom stereocenters. The molecule has 2 heterocycles. The minimum absolute atomic E-state index is 0.0327. The molecule has 0 saturated carbocycles. The van der Waals surface area contributed by atoms with E-state index in [9.17, 15) is 8.78 Å². The second-order valence-electron chi connectivity index (χ2n) is 5.68. The molecular weight excluding hydrogens is 298 g/mol. The summed E-state index contributed by atoms with van der Waals surface area (Å²) in [7, 11) is 1.96. The third kappa shape index (κ3) is 3.15. The van der Waals surface area contributed by atoms with Crippen molar-refractivity contribution in [1.82, 2.24) is 9.88 Å². The van der Waals surface area contributed by atoms with Crippen LogP contribution in [-0.4, -0.2) is 29.5 Å². The maximum absolute atomic E-state index is 13.5. The van der Waals surface area contributed by atoms with Crippen LogP contribution in [0, 0.1) is 23.0 Å². The number of nitriles is 1. The van der Waals surface area contributed by atoms with Crippen LogP contribution in [0.25, 0.3) is 0 Å². The van der Waals surface area contributed by atoms with Crippen molar-refractivity contribution in [3.63, 3.8) is 0 Å². The maximum atomic E-state index is 13.5. The van der Waals surface area contributed by atoms with Gasteiger partial charge in [-0.25, -0.2) is 13.8 Å². The molecule has 1 aliphatic rings. The first-order valence-corrected chi connectivity index (χ1v) is 7.36. The van der Waals surface area contributed by atoms with Gasteiger partial charge in [-0.2, -0.15) is 5.26 Å². The SMILES string of the molecule is CN1CC[C@H](Nc2ccc(C#N)cn2)[C@H]1c1ccc(F)c(F)c1. The molecule has 1 aliphatic heterocycles. The third-order valence-corrected chi connectivity index (χ3v) is 4.16. The van der Waals surface area contributed by atoms with E-state index in [2.05, 4.69) is 15.2 Å². The number of aromatic nitrogens is 1. The van der Waals surface area contributed by atoms with Gasteiger partial charge >= 0.3 is 0 Å². The van der Waals surface area contributed by atoms with Crippen molar-refractivity contribution in [1.29, 1.82) is 5.26 Å². The summed E-state index contributed by atoms with van der Waals surface area (Å²) in [5.74, 6) is -1.01. The van der Waals surface area contributed by atoms with E-state index >= 15 is 0 Å². The van der Waals surface area contributed by atoms with E-state index in [-0.39, 0.29) is 12.1 Å². The number of anilines is 1. The van der Waals surface area contributed by atoms with Crippen molar-refractivity contribution in [3.8, 4) is 6.07 Å². The number of halogens is 2. The summed E-state index contributed by atoms with van der Waals surface area (Å²) in [4.78, 5) is 6.32. The van der Waals surface area contributed by atoms with E-state index in [1.165, 1.54) is 12.3 Å². The summed E-state index contributed by atoms with van der Waals surface area (Å²) < 4.78 is 26.7. The highest BCUT2D eigenvalue weighted by atomic mass is 19.2. The number of rotatable bonds is 3. The monoisotopic (exact) mass is 314 g/mol. The molecule has 6 heteroatoms. The molecule has 1 aromatic carbocycles. The Kier molecular flexibility index (Phi) is 4.22. The second kappa shape index (κ2) is 6.31. The standard InChI is InChI=1S/C17H16F2N4/c1-23-7-6-15(22-16-5-2-11(9-20)10-21-16)17(23)12-3-4-13(18)14(19)8-12/h2-5,8,10,15,17H,6-7H2,1H3,(H,21,22)/t15-,17+/m0/s1. The van der Waals surface area contributed by atoms with Crippen molar-refractivity contribution in [2.24, 2.45) is 0 Å². The summed E-state index contributed by atoms with van der Waals surface area (Å²) in [6.45, 7) is 0.845. The topological polar surface area (TPSA) is 52.0 Å². The largest absolute Gasteiger partial charge is 0.365 e. The molecule has 0 aliphatic carbocycles. The molecule has 0 unspecified atom stereocenters.